The molecule has 0 aliphatic carbocycles. The summed E-state index contributed by atoms with van der Waals surface area (Å²) in [6.45, 7) is 5.93. The van der Waals surface area contributed by atoms with Crippen LogP contribution in [0.25, 0.3) is 0 Å². The zero-order chi connectivity index (χ0) is 14.3. The maximum Gasteiger partial charge on any atom is 0.144 e. The quantitative estimate of drug-likeness (QED) is 0.253. The maximum absolute atomic E-state index is 8.71. The summed E-state index contributed by atoms with van der Waals surface area (Å²) < 4.78 is 0. The van der Waals surface area contributed by atoms with E-state index < -0.39 is 0 Å². The van der Waals surface area contributed by atoms with Crippen molar-refractivity contribution in [3.63, 3.8) is 0 Å². The van der Waals surface area contributed by atoms with Crippen LogP contribution in [0.4, 0.5) is 0 Å². The molecule has 0 aliphatic heterocycles. The number of thiazole rings is 1. The van der Waals surface area contributed by atoms with Crippen molar-refractivity contribution in [2.45, 2.75) is 39.7 Å². The zero-order valence-electron chi connectivity index (χ0n) is 12.0. The van der Waals surface area contributed by atoms with E-state index in [9.17, 15) is 0 Å². The van der Waals surface area contributed by atoms with Gasteiger partial charge in [-0.3, -0.25) is 0 Å². The zero-order valence-corrected chi connectivity index (χ0v) is 12.8. The highest BCUT2D eigenvalue weighted by Crippen LogP contribution is 2.23. The smallest absolute Gasteiger partial charge is 0.144 e. The molecule has 3 N–H and O–H groups in total. The average Bonchev–Trinajstić information content (AvgIpc) is 2.86. The van der Waals surface area contributed by atoms with Crippen LogP contribution in [0.3, 0.4) is 0 Å². The molecule has 0 unspecified atom stereocenters. The van der Waals surface area contributed by atoms with Gasteiger partial charge >= 0.3 is 0 Å². The minimum atomic E-state index is -0.234. The Balaban J connectivity index is 2.20. The Bertz CT molecular complexity index is 389. The van der Waals surface area contributed by atoms with E-state index in [2.05, 4.69) is 27.5 Å². The van der Waals surface area contributed by atoms with E-state index in [1.165, 1.54) is 0 Å². The van der Waals surface area contributed by atoms with E-state index in [4.69, 9.17) is 10.9 Å². The monoisotopic (exact) mass is 284 g/mol. The standard InChI is InChI=1S/C13H24N4OS/c1-13(2,12(14)16-18)6-4-5-7-17(3)8-11-9-19-10-15-11/h9-10,18H,4-8H2,1-3H3,(H2,14,16). The summed E-state index contributed by atoms with van der Waals surface area (Å²) in [6.07, 6.45) is 3.08. The van der Waals surface area contributed by atoms with Gasteiger partial charge in [0.2, 0.25) is 0 Å². The first-order valence-corrected chi connectivity index (χ1v) is 7.43. The topological polar surface area (TPSA) is 74.7 Å². The molecule has 6 heteroatoms. The molecule has 1 rings (SSSR count). The summed E-state index contributed by atoms with van der Waals surface area (Å²) in [6, 6.07) is 0. The summed E-state index contributed by atoms with van der Waals surface area (Å²) in [7, 11) is 2.11. The van der Waals surface area contributed by atoms with Gasteiger partial charge in [-0.1, -0.05) is 25.4 Å². The number of aromatic nitrogens is 1. The van der Waals surface area contributed by atoms with Gasteiger partial charge < -0.3 is 15.8 Å². The van der Waals surface area contributed by atoms with Crippen molar-refractivity contribution in [2.75, 3.05) is 13.6 Å². The molecule has 19 heavy (non-hydrogen) atoms. The Kier molecular flexibility index (Phi) is 6.24. The average molecular weight is 284 g/mol. The number of rotatable bonds is 8. The summed E-state index contributed by atoms with van der Waals surface area (Å²) in [5.74, 6) is 0.309. The number of amidine groups is 1. The van der Waals surface area contributed by atoms with Gasteiger partial charge in [0.25, 0.3) is 0 Å². The van der Waals surface area contributed by atoms with E-state index in [1.807, 2.05) is 19.4 Å². The summed E-state index contributed by atoms with van der Waals surface area (Å²) >= 11 is 1.63. The number of oxime groups is 1. The maximum atomic E-state index is 8.71. The minimum Gasteiger partial charge on any atom is -0.409 e. The van der Waals surface area contributed by atoms with Crippen LogP contribution in [-0.4, -0.2) is 34.5 Å². The van der Waals surface area contributed by atoms with Crippen LogP contribution in [0.15, 0.2) is 16.0 Å². The largest absolute Gasteiger partial charge is 0.409 e. The lowest BCUT2D eigenvalue weighted by Gasteiger charge is -2.23. The van der Waals surface area contributed by atoms with Crippen LogP contribution in [0.1, 0.15) is 38.8 Å². The molecule has 0 fully saturated rings. The highest BCUT2D eigenvalue weighted by Gasteiger charge is 2.22. The lowest BCUT2D eigenvalue weighted by Crippen LogP contribution is -2.32. The number of hydrogen-bond acceptors (Lipinski definition) is 5. The van der Waals surface area contributed by atoms with Gasteiger partial charge in [-0.05, 0) is 26.4 Å². The van der Waals surface area contributed by atoms with E-state index in [0.717, 1.165) is 38.0 Å². The molecule has 0 bridgehead atoms. The fraction of sp³-hybridized carbons (Fsp3) is 0.692. The first-order valence-electron chi connectivity index (χ1n) is 6.49. The molecule has 1 heterocycles. The molecule has 108 valence electrons. The molecule has 0 amide bonds. The third-order valence-corrected chi connectivity index (χ3v) is 3.94. The Labute approximate surface area is 119 Å². The van der Waals surface area contributed by atoms with Crippen molar-refractivity contribution in [3.8, 4) is 0 Å². The first-order chi connectivity index (χ1) is 8.95. The molecule has 1 aromatic heterocycles. The lowest BCUT2D eigenvalue weighted by molar-refractivity contribution is 0.294. The van der Waals surface area contributed by atoms with Crippen molar-refractivity contribution in [3.05, 3.63) is 16.6 Å². The lowest BCUT2D eigenvalue weighted by atomic mass is 9.86. The second kappa shape index (κ2) is 7.45. The van der Waals surface area contributed by atoms with Crippen molar-refractivity contribution in [1.29, 1.82) is 0 Å². The number of unbranched alkanes of at least 4 members (excludes halogenated alkanes) is 1. The predicted molar refractivity (Wildman–Crippen MR) is 79.5 cm³/mol. The number of nitrogens with two attached hydrogens (primary N) is 1. The molecular formula is C13H24N4OS. The SMILES string of the molecule is CN(CCCCC(C)(C)C(N)=NO)Cc1cscn1. The fourth-order valence-corrected chi connectivity index (χ4v) is 2.43. The third kappa shape index (κ3) is 5.57. The van der Waals surface area contributed by atoms with Crippen molar-refractivity contribution >= 4 is 17.2 Å². The van der Waals surface area contributed by atoms with E-state index in [0.29, 0.717) is 5.84 Å². The van der Waals surface area contributed by atoms with Crippen molar-refractivity contribution in [1.82, 2.24) is 9.88 Å². The van der Waals surface area contributed by atoms with Crippen LogP contribution in [0.5, 0.6) is 0 Å². The summed E-state index contributed by atoms with van der Waals surface area (Å²) in [5.41, 5.74) is 8.42. The van der Waals surface area contributed by atoms with E-state index in [-0.39, 0.29) is 5.41 Å². The normalized spacial score (nSPS) is 13.2. The Morgan fingerprint density at radius 2 is 2.26 bits per heavy atom. The van der Waals surface area contributed by atoms with Gasteiger partial charge in [0.1, 0.15) is 5.84 Å². The van der Waals surface area contributed by atoms with E-state index >= 15 is 0 Å². The van der Waals surface area contributed by atoms with E-state index in [1.54, 1.807) is 11.3 Å². The van der Waals surface area contributed by atoms with Gasteiger partial charge in [-0.2, -0.15) is 0 Å². The van der Waals surface area contributed by atoms with Gasteiger partial charge in [0.15, 0.2) is 0 Å². The second-order valence-corrected chi connectivity index (χ2v) is 6.26. The fourth-order valence-electron chi connectivity index (χ4n) is 1.88. The van der Waals surface area contributed by atoms with Crippen molar-refractivity contribution < 1.29 is 5.21 Å². The van der Waals surface area contributed by atoms with Gasteiger partial charge in [-0.25, -0.2) is 4.98 Å². The Hall–Kier alpha value is -1.14. The first kappa shape index (κ1) is 15.9. The van der Waals surface area contributed by atoms with Gasteiger partial charge in [0.05, 0.1) is 11.2 Å². The molecule has 0 aliphatic rings. The molecule has 5 nitrogen and oxygen atoms in total. The molecular weight excluding hydrogens is 260 g/mol. The molecule has 0 spiro atoms. The Morgan fingerprint density at radius 3 is 2.84 bits per heavy atom. The van der Waals surface area contributed by atoms with Gasteiger partial charge in [0, 0.05) is 17.3 Å². The number of hydrogen-bond donors (Lipinski definition) is 2. The molecule has 0 radical (unpaired) electrons. The highest BCUT2D eigenvalue weighted by atomic mass is 32.1. The van der Waals surface area contributed by atoms with Crippen LogP contribution in [0.2, 0.25) is 0 Å². The highest BCUT2D eigenvalue weighted by molar-refractivity contribution is 7.07. The number of nitrogens with zero attached hydrogens (tertiary/aromatic N) is 3. The minimum absolute atomic E-state index is 0.234. The van der Waals surface area contributed by atoms with Crippen molar-refractivity contribution in [2.24, 2.45) is 16.3 Å². The summed E-state index contributed by atoms with van der Waals surface area (Å²) in [5, 5.41) is 13.9. The third-order valence-electron chi connectivity index (χ3n) is 3.31. The Morgan fingerprint density at radius 1 is 1.53 bits per heavy atom. The molecule has 0 saturated carbocycles. The van der Waals surface area contributed by atoms with Crippen LogP contribution < -0.4 is 5.73 Å². The molecule has 0 saturated heterocycles. The van der Waals surface area contributed by atoms with Gasteiger partial charge in [-0.15, -0.1) is 11.3 Å². The van der Waals surface area contributed by atoms with Crippen LogP contribution in [0, 0.1) is 5.41 Å². The van der Waals surface area contributed by atoms with Crippen LogP contribution >= 0.6 is 11.3 Å². The molecule has 0 aromatic carbocycles. The summed E-state index contributed by atoms with van der Waals surface area (Å²) in [4.78, 5) is 6.54. The molecule has 0 atom stereocenters. The predicted octanol–water partition coefficient (Wildman–Crippen LogP) is 2.52. The molecule has 1 aromatic rings. The van der Waals surface area contributed by atoms with Crippen LogP contribution in [-0.2, 0) is 6.54 Å². The second-order valence-electron chi connectivity index (χ2n) is 5.54.